The maximum Gasteiger partial charge on any atom is 0.191 e. The minimum absolute atomic E-state index is 0. The van der Waals surface area contributed by atoms with Gasteiger partial charge in [-0.1, -0.05) is 0 Å². The smallest absolute Gasteiger partial charge is 0.191 e. The van der Waals surface area contributed by atoms with Gasteiger partial charge in [-0.15, -0.1) is 34.2 Å². The molecule has 2 N–H and O–H groups in total. The molecule has 1 saturated heterocycles. The zero-order valence-electron chi connectivity index (χ0n) is 19.1. The van der Waals surface area contributed by atoms with E-state index in [1.165, 1.54) is 12.8 Å². The molecule has 1 aromatic carbocycles. The fourth-order valence-electron chi connectivity index (χ4n) is 4.24. The number of aromatic nitrogens is 3. The van der Waals surface area contributed by atoms with E-state index in [4.69, 9.17) is 14.5 Å². The van der Waals surface area contributed by atoms with Crippen LogP contribution in [0.2, 0.25) is 0 Å². The molecule has 10 heteroatoms. The number of rotatable bonds is 7. The van der Waals surface area contributed by atoms with Gasteiger partial charge >= 0.3 is 0 Å². The summed E-state index contributed by atoms with van der Waals surface area (Å²) in [6.07, 6.45) is 4.43. The van der Waals surface area contributed by atoms with Gasteiger partial charge in [0.15, 0.2) is 11.8 Å². The molecule has 176 valence electrons. The van der Waals surface area contributed by atoms with E-state index in [1.807, 2.05) is 6.07 Å². The summed E-state index contributed by atoms with van der Waals surface area (Å²) in [4.78, 5) is 7.14. The van der Waals surface area contributed by atoms with Gasteiger partial charge in [0.05, 0.1) is 14.2 Å². The van der Waals surface area contributed by atoms with E-state index in [0.29, 0.717) is 12.6 Å². The highest BCUT2D eigenvalue weighted by Gasteiger charge is 2.24. The number of benzene rings is 1. The topological polar surface area (TPSA) is 88.8 Å². The van der Waals surface area contributed by atoms with Gasteiger partial charge < -0.3 is 29.6 Å². The van der Waals surface area contributed by atoms with Crippen molar-refractivity contribution in [2.75, 3.05) is 38.8 Å². The van der Waals surface area contributed by atoms with Crippen LogP contribution in [0.25, 0.3) is 0 Å². The average molecular weight is 555 g/mol. The molecule has 3 heterocycles. The third-order valence-corrected chi connectivity index (χ3v) is 5.89. The Kier molecular flexibility index (Phi) is 8.83. The number of aryl methyl sites for hydroxylation is 1. The number of methoxy groups -OCH3 is 2. The van der Waals surface area contributed by atoms with Crippen molar-refractivity contribution in [2.45, 2.75) is 51.7 Å². The van der Waals surface area contributed by atoms with E-state index in [0.717, 1.165) is 73.8 Å². The summed E-state index contributed by atoms with van der Waals surface area (Å²) in [7, 11) is 3.36. The number of halogens is 1. The molecule has 0 saturated carbocycles. The Morgan fingerprint density at radius 2 is 1.91 bits per heavy atom. The van der Waals surface area contributed by atoms with Crippen LogP contribution in [0.5, 0.6) is 11.5 Å². The minimum Gasteiger partial charge on any atom is -0.497 e. The third kappa shape index (κ3) is 5.76. The quantitative estimate of drug-likeness (QED) is 0.309. The van der Waals surface area contributed by atoms with Gasteiger partial charge in [-0.2, -0.15) is 0 Å². The van der Waals surface area contributed by atoms with E-state index in [1.54, 1.807) is 14.2 Å². The van der Waals surface area contributed by atoms with E-state index >= 15 is 0 Å². The molecule has 2 aliphatic heterocycles. The van der Waals surface area contributed by atoms with E-state index in [-0.39, 0.29) is 24.0 Å². The molecule has 2 aliphatic rings. The number of nitrogens with one attached hydrogen (secondary N) is 2. The third-order valence-electron chi connectivity index (χ3n) is 5.89. The lowest BCUT2D eigenvalue weighted by atomic mass is 10.2. The molecule has 32 heavy (non-hydrogen) atoms. The largest absolute Gasteiger partial charge is 0.497 e. The average Bonchev–Trinajstić information content (AvgIpc) is 3.44. The lowest BCUT2D eigenvalue weighted by Gasteiger charge is -2.21. The Hall–Kier alpha value is -2.24. The van der Waals surface area contributed by atoms with Crippen molar-refractivity contribution in [3.63, 3.8) is 0 Å². The number of fused-ring (bicyclic) bond motifs is 1. The van der Waals surface area contributed by atoms with Gasteiger partial charge in [0.2, 0.25) is 0 Å². The van der Waals surface area contributed by atoms with E-state index in [2.05, 4.69) is 49.4 Å². The molecule has 1 aromatic heterocycles. The fourth-order valence-corrected chi connectivity index (χ4v) is 4.24. The molecular formula is C22H34IN7O2. The second kappa shape index (κ2) is 11.6. The van der Waals surface area contributed by atoms with E-state index in [9.17, 15) is 0 Å². The van der Waals surface area contributed by atoms with Crippen molar-refractivity contribution in [1.29, 1.82) is 0 Å². The zero-order valence-corrected chi connectivity index (χ0v) is 21.5. The van der Waals surface area contributed by atoms with Crippen molar-refractivity contribution in [3.8, 4) is 11.5 Å². The number of guanidine groups is 1. The molecule has 1 atom stereocenters. The molecular weight excluding hydrogens is 521 g/mol. The second-order valence-corrected chi connectivity index (χ2v) is 7.98. The van der Waals surface area contributed by atoms with Crippen LogP contribution in [0.3, 0.4) is 0 Å². The van der Waals surface area contributed by atoms with Crippen molar-refractivity contribution >= 4 is 35.6 Å². The summed E-state index contributed by atoms with van der Waals surface area (Å²) in [5, 5.41) is 15.7. The van der Waals surface area contributed by atoms with Gasteiger partial charge in [0.1, 0.15) is 23.9 Å². The number of hydrogen-bond donors (Lipinski definition) is 2. The van der Waals surface area contributed by atoms with Gasteiger partial charge in [0.25, 0.3) is 0 Å². The maximum atomic E-state index is 5.42. The first kappa shape index (κ1) is 24.4. The first-order valence-electron chi connectivity index (χ1n) is 11.1. The van der Waals surface area contributed by atoms with Gasteiger partial charge in [-0.05, 0) is 26.2 Å². The van der Waals surface area contributed by atoms with Crippen LogP contribution in [0.1, 0.15) is 37.8 Å². The van der Waals surface area contributed by atoms with Crippen LogP contribution in [0.4, 0.5) is 5.69 Å². The minimum atomic E-state index is 0. The van der Waals surface area contributed by atoms with Crippen molar-refractivity contribution in [1.82, 2.24) is 25.4 Å². The predicted molar refractivity (Wildman–Crippen MR) is 136 cm³/mol. The standard InChI is InChI=1S/C22H33N7O2.HI/c1-4-23-22(24-14-21-27-26-20-7-5-6-9-29(20)21)25-16-8-10-28(15-16)17-11-18(30-2)13-19(12-17)31-3;/h11-13,16H,4-10,14-15H2,1-3H3,(H2,23,24,25);1H. The van der Waals surface area contributed by atoms with Crippen LogP contribution in [0.15, 0.2) is 23.2 Å². The number of hydrogen-bond acceptors (Lipinski definition) is 6. The first-order chi connectivity index (χ1) is 15.2. The lowest BCUT2D eigenvalue weighted by Crippen LogP contribution is -2.44. The van der Waals surface area contributed by atoms with E-state index < -0.39 is 0 Å². The van der Waals surface area contributed by atoms with Crippen LogP contribution < -0.4 is 25.0 Å². The highest BCUT2D eigenvalue weighted by atomic mass is 127. The van der Waals surface area contributed by atoms with Gasteiger partial charge in [-0.25, -0.2) is 4.99 Å². The van der Waals surface area contributed by atoms with Crippen LogP contribution in [-0.4, -0.2) is 60.6 Å². The predicted octanol–water partition coefficient (Wildman–Crippen LogP) is 2.58. The number of anilines is 1. The van der Waals surface area contributed by atoms with Gasteiger partial charge in [-0.3, -0.25) is 0 Å². The fraction of sp³-hybridized carbons (Fsp3) is 0.591. The van der Waals surface area contributed by atoms with Crippen LogP contribution >= 0.6 is 24.0 Å². The molecule has 4 rings (SSSR count). The SMILES string of the molecule is CCNC(=NCc1nnc2n1CCCC2)NC1CCN(c2cc(OC)cc(OC)c2)C1.I. The summed E-state index contributed by atoms with van der Waals surface area (Å²) in [6.45, 7) is 6.28. The lowest BCUT2D eigenvalue weighted by molar-refractivity contribution is 0.394. The van der Waals surface area contributed by atoms with Gasteiger partial charge in [0, 0.05) is 62.5 Å². The summed E-state index contributed by atoms with van der Waals surface area (Å²) in [5.74, 6) is 4.47. The molecule has 1 unspecified atom stereocenters. The number of ether oxygens (including phenoxy) is 2. The first-order valence-corrected chi connectivity index (χ1v) is 11.1. The summed E-state index contributed by atoms with van der Waals surface area (Å²) in [6, 6.07) is 6.31. The molecule has 2 aromatic rings. The van der Waals surface area contributed by atoms with Crippen LogP contribution in [0, 0.1) is 0 Å². The summed E-state index contributed by atoms with van der Waals surface area (Å²) in [5.41, 5.74) is 1.11. The number of aliphatic imine (C=N–C) groups is 1. The maximum absolute atomic E-state index is 5.42. The Morgan fingerprint density at radius 1 is 1.12 bits per heavy atom. The normalized spacial score (nSPS) is 18.0. The van der Waals surface area contributed by atoms with Crippen molar-refractivity contribution in [2.24, 2.45) is 4.99 Å². The van der Waals surface area contributed by atoms with Crippen molar-refractivity contribution in [3.05, 3.63) is 29.8 Å². The Morgan fingerprint density at radius 3 is 2.62 bits per heavy atom. The molecule has 0 spiro atoms. The molecule has 0 amide bonds. The molecule has 1 fully saturated rings. The molecule has 0 bridgehead atoms. The second-order valence-electron chi connectivity index (χ2n) is 7.98. The molecule has 0 radical (unpaired) electrons. The highest BCUT2D eigenvalue weighted by molar-refractivity contribution is 14.0. The zero-order chi connectivity index (χ0) is 21.6. The molecule has 0 aliphatic carbocycles. The summed E-state index contributed by atoms with van der Waals surface area (Å²) >= 11 is 0. The van der Waals surface area contributed by atoms with Crippen molar-refractivity contribution < 1.29 is 9.47 Å². The summed E-state index contributed by atoms with van der Waals surface area (Å²) < 4.78 is 13.1. The van der Waals surface area contributed by atoms with Crippen LogP contribution in [-0.2, 0) is 19.5 Å². The Balaban J connectivity index is 0.00000289. The number of nitrogens with zero attached hydrogens (tertiary/aromatic N) is 5. The monoisotopic (exact) mass is 555 g/mol. The Labute approximate surface area is 207 Å². The molecule has 9 nitrogen and oxygen atoms in total. The highest BCUT2D eigenvalue weighted by Crippen LogP contribution is 2.30. The Bertz CT molecular complexity index is 895.